The summed E-state index contributed by atoms with van der Waals surface area (Å²) in [6, 6.07) is 0.598. The van der Waals surface area contributed by atoms with Crippen LogP contribution in [-0.4, -0.2) is 22.8 Å². The molecule has 1 saturated carbocycles. The quantitative estimate of drug-likeness (QED) is 0.763. The molecule has 2 unspecified atom stereocenters. The number of hydrogen-bond acceptors (Lipinski definition) is 2. The van der Waals surface area contributed by atoms with Crippen LogP contribution in [0.4, 0.5) is 0 Å². The van der Waals surface area contributed by atoms with Crippen LogP contribution in [0, 0.1) is 0 Å². The van der Waals surface area contributed by atoms with Gasteiger partial charge in [0.1, 0.15) is 5.82 Å². The molecule has 0 N–H and O–H groups in total. The van der Waals surface area contributed by atoms with E-state index in [4.69, 9.17) is 4.74 Å². The minimum absolute atomic E-state index is 0.441. The van der Waals surface area contributed by atoms with E-state index >= 15 is 0 Å². The van der Waals surface area contributed by atoms with Crippen molar-refractivity contribution in [3.8, 4) is 0 Å². The third-order valence-electron chi connectivity index (χ3n) is 3.39. The summed E-state index contributed by atoms with van der Waals surface area (Å²) in [5.74, 6) is 1.21. The lowest BCUT2D eigenvalue weighted by Crippen LogP contribution is -2.24. The lowest BCUT2D eigenvalue weighted by Gasteiger charge is -2.30. The molecule has 15 heavy (non-hydrogen) atoms. The van der Waals surface area contributed by atoms with E-state index < -0.39 is 0 Å². The van der Waals surface area contributed by atoms with E-state index in [1.165, 1.54) is 25.1 Å². The Bertz CT molecular complexity index is 308. The first kappa shape index (κ1) is 10.7. The number of methoxy groups -OCH3 is 1. The molecule has 2 rings (SSSR count). The molecule has 1 aromatic heterocycles. The van der Waals surface area contributed by atoms with E-state index in [0.29, 0.717) is 12.1 Å². The van der Waals surface area contributed by atoms with Gasteiger partial charge in [0.05, 0.1) is 6.10 Å². The molecule has 1 fully saturated rings. The van der Waals surface area contributed by atoms with Crippen molar-refractivity contribution in [2.75, 3.05) is 7.11 Å². The predicted molar refractivity (Wildman–Crippen MR) is 59.9 cm³/mol. The van der Waals surface area contributed by atoms with Crippen molar-refractivity contribution in [1.82, 2.24) is 9.55 Å². The molecule has 1 heterocycles. The third-order valence-corrected chi connectivity index (χ3v) is 3.39. The second-order valence-electron chi connectivity index (χ2n) is 4.28. The van der Waals surface area contributed by atoms with Crippen molar-refractivity contribution in [2.24, 2.45) is 0 Å². The van der Waals surface area contributed by atoms with Gasteiger partial charge in [-0.3, -0.25) is 0 Å². The van der Waals surface area contributed by atoms with Gasteiger partial charge >= 0.3 is 0 Å². The minimum Gasteiger partial charge on any atom is -0.381 e. The van der Waals surface area contributed by atoms with Crippen molar-refractivity contribution in [3.63, 3.8) is 0 Å². The average molecular weight is 208 g/mol. The normalized spacial score (nSPS) is 26.8. The maximum atomic E-state index is 5.46. The largest absolute Gasteiger partial charge is 0.381 e. The monoisotopic (exact) mass is 208 g/mol. The molecule has 0 amide bonds. The van der Waals surface area contributed by atoms with Gasteiger partial charge in [-0.1, -0.05) is 6.92 Å². The number of ether oxygens (including phenoxy) is 1. The fourth-order valence-electron chi connectivity index (χ4n) is 2.54. The number of imidazole rings is 1. The lowest BCUT2D eigenvalue weighted by atomic mass is 9.92. The highest BCUT2D eigenvalue weighted by Crippen LogP contribution is 2.30. The lowest BCUT2D eigenvalue weighted by molar-refractivity contribution is 0.0526. The van der Waals surface area contributed by atoms with Crippen LogP contribution in [0.5, 0.6) is 0 Å². The summed E-state index contributed by atoms with van der Waals surface area (Å²) in [4.78, 5) is 4.38. The van der Waals surface area contributed by atoms with E-state index in [9.17, 15) is 0 Å². The molecule has 84 valence electrons. The SMILES string of the molecule is CCc1nccn1C1CCCC(OC)C1. The molecule has 0 bridgehead atoms. The number of aromatic nitrogens is 2. The highest BCUT2D eigenvalue weighted by atomic mass is 16.5. The first-order valence-electron chi connectivity index (χ1n) is 5.89. The first-order chi connectivity index (χ1) is 7.35. The van der Waals surface area contributed by atoms with E-state index in [1.54, 1.807) is 0 Å². The van der Waals surface area contributed by atoms with Gasteiger partial charge in [-0.25, -0.2) is 4.98 Å². The highest BCUT2D eigenvalue weighted by Gasteiger charge is 2.23. The van der Waals surface area contributed by atoms with Crippen LogP contribution in [0.15, 0.2) is 12.4 Å². The van der Waals surface area contributed by atoms with Crippen LogP contribution in [0.25, 0.3) is 0 Å². The molecule has 1 aliphatic carbocycles. The van der Waals surface area contributed by atoms with Gasteiger partial charge in [-0.15, -0.1) is 0 Å². The fraction of sp³-hybridized carbons (Fsp3) is 0.750. The molecule has 0 aliphatic heterocycles. The Hall–Kier alpha value is -0.830. The average Bonchev–Trinajstić information content (AvgIpc) is 2.77. The standard InChI is InChI=1S/C12H20N2O/c1-3-12-13-7-8-14(12)10-5-4-6-11(9-10)15-2/h7-8,10-11H,3-6,9H2,1-2H3. The molecule has 3 heteroatoms. The summed E-state index contributed by atoms with van der Waals surface area (Å²) in [6.07, 6.45) is 10.4. The summed E-state index contributed by atoms with van der Waals surface area (Å²) in [6.45, 7) is 2.16. The molecule has 0 radical (unpaired) electrons. The number of aryl methyl sites for hydroxylation is 1. The third kappa shape index (κ3) is 2.23. The van der Waals surface area contributed by atoms with Crippen molar-refractivity contribution in [1.29, 1.82) is 0 Å². The number of hydrogen-bond donors (Lipinski definition) is 0. The molecule has 3 nitrogen and oxygen atoms in total. The van der Waals surface area contributed by atoms with Crippen LogP contribution >= 0.6 is 0 Å². The van der Waals surface area contributed by atoms with Crippen LogP contribution in [0.2, 0.25) is 0 Å². The predicted octanol–water partition coefficient (Wildman–Crippen LogP) is 2.58. The highest BCUT2D eigenvalue weighted by molar-refractivity contribution is 4.96. The zero-order valence-corrected chi connectivity index (χ0v) is 9.65. The van der Waals surface area contributed by atoms with E-state index in [-0.39, 0.29) is 0 Å². The van der Waals surface area contributed by atoms with Gasteiger partial charge in [-0.2, -0.15) is 0 Å². The Morgan fingerprint density at radius 3 is 3.13 bits per heavy atom. The summed E-state index contributed by atoms with van der Waals surface area (Å²) >= 11 is 0. The smallest absolute Gasteiger partial charge is 0.108 e. The Labute approximate surface area is 91.5 Å². The molecular weight excluding hydrogens is 188 g/mol. The van der Waals surface area contributed by atoms with Crippen molar-refractivity contribution in [2.45, 2.75) is 51.2 Å². The molecule has 0 spiro atoms. The molecule has 1 aromatic rings. The van der Waals surface area contributed by atoms with Crippen LogP contribution in [0.1, 0.15) is 44.5 Å². The Morgan fingerprint density at radius 1 is 1.53 bits per heavy atom. The number of nitrogens with zero attached hydrogens (tertiary/aromatic N) is 2. The van der Waals surface area contributed by atoms with Crippen LogP contribution in [-0.2, 0) is 11.2 Å². The van der Waals surface area contributed by atoms with Gasteiger partial charge in [0.25, 0.3) is 0 Å². The first-order valence-corrected chi connectivity index (χ1v) is 5.89. The molecule has 2 atom stereocenters. The van der Waals surface area contributed by atoms with Crippen LogP contribution < -0.4 is 0 Å². The summed E-state index contributed by atoms with van der Waals surface area (Å²) in [7, 11) is 1.82. The van der Waals surface area contributed by atoms with Gasteiger partial charge in [0.2, 0.25) is 0 Å². The summed E-state index contributed by atoms with van der Waals surface area (Å²) < 4.78 is 7.80. The molecular formula is C12H20N2O. The zero-order chi connectivity index (χ0) is 10.7. The molecule has 0 saturated heterocycles. The van der Waals surface area contributed by atoms with Crippen molar-refractivity contribution in [3.05, 3.63) is 18.2 Å². The molecule has 0 aromatic carbocycles. The summed E-state index contributed by atoms with van der Waals surface area (Å²) in [5.41, 5.74) is 0. The maximum Gasteiger partial charge on any atom is 0.108 e. The zero-order valence-electron chi connectivity index (χ0n) is 9.65. The van der Waals surface area contributed by atoms with Crippen molar-refractivity contribution >= 4 is 0 Å². The van der Waals surface area contributed by atoms with Gasteiger partial charge < -0.3 is 9.30 Å². The van der Waals surface area contributed by atoms with E-state index in [0.717, 1.165) is 12.8 Å². The number of rotatable bonds is 3. The van der Waals surface area contributed by atoms with E-state index in [2.05, 4.69) is 22.7 Å². The molecule has 1 aliphatic rings. The Morgan fingerprint density at radius 2 is 2.40 bits per heavy atom. The fourth-order valence-corrected chi connectivity index (χ4v) is 2.54. The topological polar surface area (TPSA) is 27.1 Å². The van der Waals surface area contributed by atoms with E-state index in [1.807, 2.05) is 13.3 Å². The van der Waals surface area contributed by atoms with Gasteiger partial charge in [0, 0.05) is 32.0 Å². The second-order valence-corrected chi connectivity index (χ2v) is 4.28. The summed E-state index contributed by atoms with van der Waals surface area (Å²) in [5, 5.41) is 0. The van der Waals surface area contributed by atoms with Gasteiger partial charge in [-0.05, 0) is 25.7 Å². The minimum atomic E-state index is 0.441. The second kappa shape index (κ2) is 4.79. The van der Waals surface area contributed by atoms with Gasteiger partial charge in [0.15, 0.2) is 0 Å². The Balaban J connectivity index is 2.09. The maximum absolute atomic E-state index is 5.46. The Kier molecular flexibility index (Phi) is 3.41. The van der Waals surface area contributed by atoms with Crippen molar-refractivity contribution < 1.29 is 4.74 Å². The van der Waals surface area contributed by atoms with Crippen LogP contribution in [0.3, 0.4) is 0 Å².